The van der Waals surface area contributed by atoms with E-state index >= 15 is 0 Å². The average molecular weight is 287 g/mol. The largest absolute Gasteiger partial charge is 0.466 e. The Kier molecular flexibility index (Phi) is 4.98. The molecule has 0 saturated carbocycles. The molecule has 0 heterocycles. The fraction of sp³-hybridized carbons (Fsp3) is 0.273. The van der Waals surface area contributed by atoms with Gasteiger partial charge in [0.1, 0.15) is 12.2 Å². The fourth-order valence-corrected chi connectivity index (χ4v) is 1.41. The van der Waals surface area contributed by atoms with Crippen molar-refractivity contribution < 1.29 is 19.1 Å². The van der Waals surface area contributed by atoms with Crippen LogP contribution in [0.4, 0.5) is 0 Å². The highest BCUT2D eigenvalue weighted by Gasteiger charge is 2.12. The topological polar surface area (TPSA) is 52.6 Å². The quantitative estimate of drug-likeness (QED) is 0.484. The van der Waals surface area contributed by atoms with E-state index in [4.69, 9.17) is 4.74 Å². The lowest BCUT2D eigenvalue weighted by Gasteiger charge is -2.04. The molecule has 0 spiro atoms. The van der Waals surface area contributed by atoms with Crippen molar-refractivity contribution in [1.82, 2.24) is 0 Å². The Bertz CT molecular complexity index is 389. The fourth-order valence-electron chi connectivity index (χ4n) is 1.03. The van der Waals surface area contributed by atoms with Gasteiger partial charge in [0.25, 0.3) is 0 Å². The Balaban J connectivity index is 2.48. The summed E-state index contributed by atoms with van der Waals surface area (Å²) in [5.74, 6) is -0.817. The van der Waals surface area contributed by atoms with E-state index in [-0.39, 0.29) is 13.0 Å². The van der Waals surface area contributed by atoms with Gasteiger partial charge in [-0.1, -0.05) is 22.0 Å². The van der Waals surface area contributed by atoms with Crippen LogP contribution in [-0.2, 0) is 14.3 Å². The van der Waals surface area contributed by atoms with Crippen LogP contribution < -0.4 is 4.74 Å². The summed E-state index contributed by atoms with van der Waals surface area (Å²) in [6.45, 7) is 1.93. The normalized spacial score (nSPS) is 9.62. The number of hydrogen-bond donors (Lipinski definition) is 0. The van der Waals surface area contributed by atoms with Crippen LogP contribution in [0.3, 0.4) is 0 Å². The van der Waals surface area contributed by atoms with Crippen molar-refractivity contribution in [3.63, 3.8) is 0 Å². The van der Waals surface area contributed by atoms with Gasteiger partial charge >= 0.3 is 11.9 Å². The Morgan fingerprint density at radius 2 is 2.06 bits per heavy atom. The maximum absolute atomic E-state index is 11.3. The van der Waals surface area contributed by atoms with Gasteiger partial charge in [-0.3, -0.25) is 9.59 Å². The van der Waals surface area contributed by atoms with E-state index in [1.165, 1.54) is 0 Å². The molecule has 86 valence electrons. The molecule has 0 aliphatic heterocycles. The second-order valence-electron chi connectivity index (χ2n) is 2.91. The lowest BCUT2D eigenvalue weighted by atomic mass is 10.3. The van der Waals surface area contributed by atoms with Gasteiger partial charge in [-0.25, -0.2) is 0 Å². The van der Waals surface area contributed by atoms with E-state index in [9.17, 15) is 9.59 Å². The summed E-state index contributed by atoms with van der Waals surface area (Å²) in [4.78, 5) is 22.2. The van der Waals surface area contributed by atoms with Crippen molar-refractivity contribution in [2.45, 2.75) is 13.3 Å². The number of ether oxygens (including phenoxy) is 2. The van der Waals surface area contributed by atoms with Crippen molar-refractivity contribution in [3.8, 4) is 5.75 Å². The van der Waals surface area contributed by atoms with Gasteiger partial charge in [0, 0.05) is 4.47 Å². The Labute approximate surface area is 102 Å². The molecule has 0 radical (unpaired) electrons. The molecular formula is C11H11BrO4. The summed E-state index contributed by atoms with van der Waals surface area (Å²) < 4.78 is 10.4. The summed E-state index contributed by atoms with van der Waals surface area (Å²) in [6.07, 6.45) is -0.375. The predicted octanol–water partition coefficient (Wildman–Crippen LogP) is 2.31. The number of hydrogen-bond acceptors (Lipinski definition) is 4. The first kappa shape index (κ1) is 12.7. The van der Waals surface area contributed by atoms with Crippen LogP contribution >= 0.6 is 15.9 Å². The van der Waals surface area contributed by atoms with Crippen molar-refractivity contribution >= 4 is 27.9 Å². The van der Waals surface area contributed by atoms with Crippen molar-refractivity contribution in [2.75, 3.05) is 6.61 Å². The summed E-state index contributed by atoms with van der Waals surface area (Å²) in [5.41, 5.74) is 0. The molecule has 1 rings (SSSR count). The molecule has 0 aliphatic carbocycles. The molecular weight excluding hydrogens is 276 g/mol. The minimum Gasteiger partial charge on any atom is -0.466 e. The second-order valence-corrected chi connectivity index (χ2v) is 3.83. The third kappa shape index (κ3) is 4.44. The van der Waals surface area contributed by atoms with E-state index < -0.39 is 11.9 Å². The summed E-state index contributed by atoms with van der Waals surface area (Å²) in [6, 6.07) is 6.82. The summed E-state index contributed by atoms with van der Waals surface area (Å²) in [7, 11) is 0. The number of halogens is 1. The second kappa shape index (κ2) is 6.27. The molecule has 0 atom stereocenters. The first-order chi connectivity index (χ1) is 7.61. The maximum Gasteiger partial charge on any atom is 0.322 e. The van der Waals surface area contributed by atoms with E-state index in [2.05, 4.69) is 20.7 Å². The first-order valence-electron chi connectivity index (χ1n) is 4.73. The van der Waals surface area contributed by atoms with Crippen LogP contribution in [0.5, 0.6) is 5.75 Å². The van der Waals surface area contributed by atoms with Crippen LogP contribution in [0.2, 0.25) is 0 Å². The Hall–Kier alpha value is -1.36. The molecule has 0 unspecified atom stereocenters. The van der Waals surface area contributed by atoms with Gasteiger partial charge in [0.05, 0.1) is 6.61 Å². The van der Waals surface area contributed by atoms with E-state index in [0.717, 1.165) is 4.47 Å². The van der Waals surface area contributed by atoms with Crippen molar-refractivity contribution in [2.24, 2.45) is 0 Å². The average Bonchev–Trinajstić information content (AvgIpc) is 2.17. The molecule has 16 heavy (non-hydrogen) atoms. The third-order valence-corrected chi connectivity index (χ3v) is 2.12. The summed E-state index contributed by atoms with van der Waals surface area (Å²) in [5, 5.41) is 0. The molecule has 5 heteroatoms. The van der Waals surface area contributed by atoms with Gasteiger partial charge in [0.15, 0.2) is 0 Å². The predicted molar refractivity (Wildman–Crippen MR) is 61.0 cm³/mol. The lowest BCUT2D eigenvalue weighted by Crippen LogP contribution is -2.15. The molecule has 0 fully saturated rings. The Morgan fingerprint density at radius 1 is 1.31 bits per heavy atom. The standard InChI is InChI=1S/C11H11BrO4/c1-2-15-10(13)7-11(14)16-9-5-3-4-8(12)6-9/h3-6H,2,7H2,1H3. The maximum atomic E-state index is 11.3. The van der Waals surface area contributed by atoms with Crippen LogP contribution in [0.1, 0.15) is 13.3 Å². The Morgan fingerprint density at radius 3 is 2.69 bits per heavy atom. The number of carbonyl (C=O) groups excluding carboxylic acids is 2. The molecule has 0 aliphatic rings. The molecule has 0 bridgehead atoms. The molecule has 0 saturated heterocycles. The molecule has 0 amide bonds. The van der Waals surface area contributed by atoms with Gasteiger partial charge in [0.2, 0.25) is 0 Å². The van der Waals surface area contributed by atoms with Gasteiger partial charge in [-0.15, -0.1) is 0 Å². The van der Waals surface area contributed by atoms with Crippen LogP contribution in [0, 0.1) is 0 Å². The first-order valence-corrected chi connectivity index (χ1v) is 5.53. The summed E-state index contributed by atoms with van der Waals surface area (Å²) >= 11 is 3.24. The highest BCUT2D eigenvalue weighted by Crippen LogP contribution is 2.18. The van der Waals surface area contributed by atoms with Gasteiger partial charge in [-0.2, -0.15) is 0 Å². The SMILES string of the molecule is CCOC(=O)CC(=O)Oc1cccc(Br)c1. The highest BCUT2D eigenvalue weighted by molar-refractivity contribution is 9.10. The zero-order valence-electron chi connectivity index (χ0n) is 8.73. The van der Waals surface area contributed by atoms with Crippen molar-refractivity contribution in [1.29, 1.82) is 0 Å². The van der Waals surface area contributed by atoms with Crippen LogP contribution in [0.15, 0.2) is 28.7 Å². The zero-order chi connectivity index (χ0) is 12.0. The van der Waals surface area contributed by atoms with Gasteiger partial charge < -0.3 is 9.47 Å². The lowest BCUT2D eigenvalue weighted by molar-refractivity contribution is -0.149. The third-order valence-electron chi connectivity index (χ3n) is 1.62. The van der Waals surface area contributed by atoms with Crippen molar-refractivity contribution in [3.05, 3.63) is 28.7 Å². The molecule has 1 aromatic rings. The van der Waals surface area contributed by atoms with E-state index in [1.807, 2.05) is 6.07 Å². The van der Waals surface area contributed by atoms with Crippen LogP contribution in [0.25, 0.3) is 0 Å². The zero-order valence-corrected chi connectivity index (χ0v) is 10.3. The van der Waals surface area contributed by atoms with Crippen LogP contribution in [-0.4, -0.2) is 18.5 Å². The molecule has 0 N–H and O–H groups in total. The minimum atomic E-state index is -0.628. The molecule has 4 nitrogen and oxygen atoms in total. The van der Waals surface area contributed by atoms with E-state index in [0.29, 0.717) is 5.75 Å². The highest BCUT2D eigenvalue weighted by atomic mass is 79.9. The smallest absolute Gasteiger partial charge is 0.322 e. The number of esters is 2. The molecule has 1 aromatic carbocycles. The number of rotatable bonds is 4. The minimum absolute atomic E-state index is 0.253. The molecule has 0 aromatic heterocycles. The number of benzene rings is 1. The van der Waals surface area contributed by atoms with E-state index in [1.54, 1.807) is 25.1 Å². The monoisotopic (exact) mass is 286 g/mol. The number of carbonyl (C=O) groups is 2. The van der Waals surface area contributed by atoms with Gasteiger partial charge in [-0.05, 0) is 25.1 Å².